The minimum Gasteiger partial charge on any atom is -0.390 e. The molecule has 1 aliphatic rings. The van der Waals surface area contributed by atoms with E-state index in [0.29, 0.717) is 31.7 Å². The van der Waals surface area contributed by atoms with Crippen LogP contribution in [0.4, 0.5) is 5.69 Å². The van der Waals surface area contributed by atoms with Gasteiger partial charge in [-0.15, -0.1) is 0 Å². The van der Waals surface area contributed by atoms with Crippen LogP contribution >= 0.6 is 11.9 Å². The van der Waals surface area contributed by atoms with Crippen LogP contribution in [0.25, 0.3) is 10.9 Å². The van der Waals surface area contributed by atoms with Crippen molar-refractivity contribution in [2.45, 2.75) is 38.5 Å². The second-order valence-electron chi connectivity index (χ2n) is 8.94. The van der Waals surface area contributed by atoms with Crippen LogP contribution in [-0.4, -0.2) is 67.3 Å². The van der Waals surface area contributed by atoms with Gasteiger partial charge in [-0.3, -0.25) is 4.79 Å². The molecular weight excluding hydrogens is 460 g/mol. The number of aliphatic hydroxyl groups excluding tert-OH is 1. The maximum absolute atomic E-state index is 13.6. The monoisotopic (exact) mass is 496 g/mol. The van der Waals surface area contributed by atoms with Gasteiger partial charge in [-0.1, -0.05) is 30.3 Å². The van der Waals surface area contributed by atoms with Gasteiger partial charge in [0.25, 0.3) is 5.91 Å². The Labute approximate surface area is 212 Å². The predicted octanol–water partition coefficient (Wildman–Crippen LogP) is 3.24. The number of hydrogen-bond acceptors (Lipinski definition) is 6. The zero-order valence-corrected chi connectivity index (χ0v) is 21.6. The van der Waals surface area contributed by atoms with Gasteiger partial charge in [0.2, 0.25) is 0 Å². The normalized spacial score (nSPS) is 15.1. The number of amides is 1. The number of ether oxygens (including phenoxy) is 1. The highest BCUT2D eigenvalue weighted by atomic mass is 32.2. The average molecular weight is 497 g/mol. The lowest BCUT2D eigenvalue weighted by molar-refractivity contribution is 0.0825. The largest absolute Gasteiger partial charge is 0.390 e. The van der Waals surface area contributed by atoms with Crippen molar-refractivity contribution in [3.63, 3.8) is 0 Å². The zero-order chi connectivity index (χ0) is 24.8. The van der Waals surface area contributed by atoms with Gasteiger partial charge < -0.3 is 29.3 Å². The zero-order valence-electron chi connectivity index (χ0n) is 20.8. The van der Waals surface area contributed by atoms with E-state index in [4.69, 9.17) is 4.74 Å². The van der Waals surface area contributed by atoms with E-state index >= 15 is 0 Å². The van der Waals surface area contributed by atoms with Crippen LogP contribution in [0, 0.1) is 0 Å². The van der Waals surface area contributed by atoms with E-state index in [2.05, 4.69) is 39.7 Å². The fourth-order valence-electron chi connectivity index (χ4n) is 4.65. The number of aliphatic hydroxyl groups is 1. The maximum atomic E-state index is 13.6. The Kier molecular flexibility index (Phi) is 8.73. The fraction of sp³-hybridized carbons (Fsp3) is 0.444. The SMILES string of the molecule is CCn1cc2c3c(cc(C(=O)N[C@@H](Cc4ccccc4)[C@H](O)CNCCOC)cc31)N(C)SCC2. The molecule has 0 saturated heterocycles. The minimum atomic E-state index is -0.745. The summed E-state index contributed by atoms with van der Waals surface area (Å²) >= 11 is 1.77. The molecule has 0 aliphatic carbocycles. The van der Waals surface area contributed by atoms with Crippen molar-refractivity contribution >= 4 is 34.4 Å². The van der Waals surface area contributed by atoms with Crippen LogP contribution in [0.3, 0.4) is 0 Å². The molecule has 2 heterocycles. The molecule has 3 aromatic rings. The van der Waals surface area contributed by atoms with Gasteiger partial charge in [0.05, 0.1) is 30.0 Å². The minimum absolute atomic E-state index is 0.173. The van der Waals surface area contributed by atoms with Crippen molar-refractivity contribution in [1.82, 2.24) is 15.2 Å². The summed E-state index contributed by atoms with van der Waals surface area (Å²) in [6.07, 6.45) is 3.03. The third-order valence-electron chi connectivity index (χ3n) is 6.55. The summed E-state index contributed by atoms with van der Waals surface area (Å²) in [5, 5.41) is 18.6. The number of aromatic nitrogens is 1. The van der Waals surface area contributed by atoms with Gasteiger partial charge in [-0.2, -0.15) is 0 Å². The average Bonchev–Trinajstić information content (AvgIpc) is 3.15. The number of anilines is 1. The highest BCUT2D eigenvalue weighted by Gasteiger charge is 2.25. The van der Waals surface area contributed by atoms with Crippen LogP contribution in [0.2, 0.25) is 0 Å². The Morgan fingerprint density at radius 3 is 2.80 bits per heavy atom. The Bertz CT molecular complexity index is 1130. The summed E-state index contributed by atoms with van der Waals surface area (Å²) in [5.74, 6) is 0.838. The second-order valence-corrected chi connectivity index (χ2v) is 10.2. The lowest BCUT2D eigenvalue weighted by Crippen LogP contribution is -2.49. The van der Waals surface area contributed by atoms with Crippen LogP contribution in [-0.2, 0) is 24.1 Å². The van der Waals surface area contributed by atoms with E-state index in [0.717, 1.165) is 35.5 Å². The first kappa shape index (κ1) is 25.6. The molecule has 0 unspecified atom stereocenters. The molecule has 0 spiro atoms. The standard InChI is InChI=1S/C27H36N4O3S/c1-4-31-18-20-10-13-35-30(2)23-15-21(16-24(31)26(20)23)27(33)29-22(14-19-8-6-5-7-9-19)25(32)17-28-11-12-34-3/h5-9,15-16,18,22,25,28,32H,4,10-14,17H2,1-3H3,(H,29,33)/t22-,25+/m0/s1. The number of rotatable bonds is 11. The molecule has 1 amide bonds. The van der Waals surface area contributed by atoms with Crippen molar-refractivity contribution in [2.24, 2.45) is 0 Å². The molecule has 4 rings (SSSR count). The number of hydrogen-bond donors (Lipinski definition) is 3. The Morgan fingerprint density at radius 1 is 1.26 bits per heavy atom. The lowest BCUT2D eigenvalue weighted by Gasteiger charge is -2.25. The molecule has 1 aromatic heterocycles. The highest BCUT2D eigenvalue weighted by Crippen LogP contribution is 2.38. The number of aryl methyl sites for hydroxylation is 2. The molecule has 2 aromatic carbocycles. The molecule has 0 saturated carbocycles. The molecule has 35 heavy (non-hydrogen) atoms. The molecule has 2 atom stereocenters. The fourth-order valence-corrected chi connectivity index (χ4v) is 5.52. The molecule has 0 radical (unpaired) electrons. The van der Waals surface area contributed by atoms with Gasteiger partial charge in [-0.05, 0) is 55.0 Å². The van der Waals surface area contributed by atoms with Gasteiger partial charge in [0, 0.05) is 56.7 Å². The topological polar surface area (TPSA) is 78.8 Å². The molecule has 1 aliphatic heterocycles. The number of nitrogens with zero attached hydrogens (tertiary/aromatic N) is 2. The predicted molar refractivity (Wildman–Crippen MR) is 144 cm³/mol. The maximum Gasteiger partial charge on any atom is 0.251 e. The molecular formula is C27H36N4O3S. The summed E-state index contributed by atoms with van der Waals surface area (Å²) in [6, 6.07) is 13.5. The van der Waals surface area contributed by atoms with Crippen LogP contribution in [0.15, 0.2) is 48.7 Å². The van der Waals surface area contributed by atoms with Crippen LogP contribution < -0.4 is 14.9 Å². The lowest BCUT2D eigenvalue weighted by atomic mass is 10.00. The van der Waals surface area contributed by atoms with Gasteiger partial charge in [-0.25, -0.2) is 0 Å². The van der Waals surface area contributed by atoms with E-state index in [1.807, 2.05) is 42.5 Å². The third kappa shape index (κ3) is 6.01. The number of carbonyl (C=O) groups excluding carboxylic acids is 1. The van der Waals surface area contributed by atoms with E-state index in [-0.39, 0.29) is 5.91 Å². The van der Waals surface area contributed by atoms with Crippen molar-refractivity contribution in [3.05, 3.63) is 65.4 Å². The highest BCUT2D eigenvalue weighted by molar-refractivity contribution is 8.00. The van der Waals surface area contributed by atoms with Gasteiger partial charge in [0.15, 0.2) is 0 Å². The first-order valence-electron chi connectivity index (χ1n) is 12.3. The molecule has 7 nitrogen and oxygen atoms in total. The Balaban J connectivity index is 1.61. The van der Waals surface area contributed by atoms with E-state index in [1.54, 1.807) is 19.1 Å². The molecule has 0 fully saturated rings. The molecule has 0 bridgehead atoms. The molecule has 8 heteroatoms. The van der Waals surface area contributed by atoms with Gasteiger partial charge >= 0.3 is 0 Å². The first-order chi connectivity index (χ1) is 17.0. The van der Waals surface area contributed by atoms with E-state index in [1.165, 1.54) is 10.9 Å². The second kappa shape index (κ2) is 11.9. The van der Waals surface area contributed by atoms with Crippen molar-refractivity contribution < 1.29 is 14.6 Å². The number of methoxy groups -OCH3 is 1. The van der Waals surface area contributed by atoms with E-state index in [9.17, 15) is 9.90 Å². The van der Waals surface area contributed by atoms with Gasteiger partial charge in [0.1, 0.15) is 0 Å². The summed E-state index contributed by atoms with van der Waals surface area (Å²) in [5.41, 5.74) is 5.16. The summed E-state index contributed by atoms with van der Waals surface area (Å²) in [7, 11) is 3.71. The number of benzene rings is 2. The summed E-state index contributed by atoms with van der Waals surface area (Å²) < 4.78 is 9.48. The van der Waals surface area contributed by atoms with Crippen molar-refractivity contribution in [2.75, 3.05) is 43.9 Å². The van der Waals surface area contributed by atoms with Crippen molar-refractivity contribution in [3.8, 4) is 0 Å². The Morgan fingerprint density at radius 2 is 2.06 bits per heavy atom. The number of carbonyl (C=O) groups is 1. The third-order valence-corrected chi connectivity index (χ3v) is 7.52. The van der Waals surface area contributed by atoms with Crippen LogP contribution in [0.1, 0.15) is 28.4 Å². The number of nitrogens with one attached hydrogen (secondary N) is 2. The Hall–Kier alpha value is -2.52. The first-order valence-corrected chi connectivity index (χ1v) is 13.2. The molecule has 188 valence electrons. The smallest absolute Gasteiger partial charge is 0.251 e. The molecule has 3 N–H and O–H groups in total. The summed E-state index contributed by atoms with van der Waals surface area (Å²) in [6.45, 7) is 4.55. The van der Waals surface area contributed by atoms with Crippen molar-refractivity contribution in [1.29, 1.82) is 0 Å². The van der Waals surface area contributed by atoms with E-state index < -0.39 is 12.1 Å². The summed E-state index contributed by atoms with van der Waals surface area (Å²) in [4.78, 5) is 13.6. The van der Waals surface area contributed by atoms with Crippen LogP contribution in [0.5, 0.6) is 0 Å². The quantitative estimate of drug-likeness (QED) is 0.279.